The highest BCUT2D eigenvalue weighted by Gasteiger charge is 2.25. The van der Waals surface area contributed by atoms with Gasteiger partial charge in [0.2, 0.25) is 0 Å². The zero-order chi connectivity index (χ0) is 20.9. The zero-order valence-corrected chi connectivity index (χ0v) is 18.9. The first kappa shape index (κ1) is 20.6. The van der Waals surface area contributed by atoms with Crippen molar-refractivity contribution in [3.8, 4) is 0 Å². The van der Waals surface area contributed by atoms with E-state index in [1.807, 2.05) is 39.0 Å². The maximum atomic E-state index is 12.9. The van der Waals surface area contributed by atoms with E-state index in [4.69, 9.17) is 9.47 Å². The van der Waals surface area contributed by atoms with E-state index in [1.54, 1.807) is 26.8 Å². The number of carbonyl (C=O) groups excluding carboxylic acids is 2. The van der Waals surface area contributed by atoms with Crippen molar-refractivity contribution in [3.05, 3.63) is 39.7 Å². The summed E-state index contributed by atoms with van der Waals surface area (Å²) >= 11 is 2.22. The quantitative estimate of drug-likeness (QED) is 0.329. The third-order valence-electron chi connectivity index (χ3n) is 3.80. The highest BCUT2D eigenvalue weighted by Crippen LogP contribution is 2.31. The van der Waals surface area contributed by atoms with Gasteiger partial charge in [-0.1, -0.05) is 0 Å². The predicted octanol–water partition coefficient (Wildman–Crippen LogP) is 5.53. The Morgan fingerprint density at radius 2 is 1.54 bits per heavy atom. The van der Waals surface area contributed by atoms with Gasteiger partial charge in [-0.3, -0.25) is 0 Å². The van der Waals surface area contributed by atoms with Crippen LogP contribution in [0.4, 0.5) is 4.79 Å². The number of carbonyl (C=O) groups is 2. The summed E-state index contributed by atoms with van der Waals surface area (Å²) in [5.41, 5.74) is 0.233. The largest absolute Gasteiger partial charge is 0.455 e. The number of fused-ring (bicyclic) bond motifs is 3. The molecule has 6 nitrogen and oxygen atoms in total. The molecule has 0 amide bonds. The minimum atomic E-state index is -0.632. The monoisotopic (exact) mass is 494 g/mol. The highest BCUT2D eigenvalue weighted by molar-refractivity contribution is 14.1. The molecule has 0 saturated carbocycles. The van der Waals surface area contributed by atoms with Gasteiger partial charge in [-0.25, -0.2) is 19.1 Å². The molecule has 0 aliphatic heterocycles. The molecule has 148 valence electrons. The zero-order valence-electron chi connectivity index (χ0n) is 16.8. The van der Waals surface area contributed by atoms with Crippen LogP contribution in [-0.2, 0) is 9.47 Å². The molecule has 1 aromatic carbocycles. The average Bonchev–Trinajstić information content (AvgIpc) is 2.84. The molecule has 0 bridgehead atoms. The summed E-state index contributed by atoms with van der Waals surface area (Å²) in [4.78, 5) is 29.6. The van der Waals surface area contributed by atoms with Crippen molar-refractivity contribution in [2.45, 2.75) is 52.7 Å². The molecule has 0 saturated heterocycles. The van der Waals surface area contributed by atoms with Crippen molar-refractivity contribution >= 4 is 56.5 Å². The van der Waals surface area contributed by atoms with Crippen LogP contribution in [0.3, 0.4) is 0 Å². The van der Waals surface area contributed by atoms with E-state index in [2.05, 4.69) is 27.6 Å². The van der Waals surface area contributed by atoms with Crippen LogP contribution in [0.15, 0.2) is 30.5 Å². The van der Waals surface area contributed by atoms with Crippen molar-refractivity contribution < 1.29 is 19.1 Å². The van der Waals surface area contributed by atoms with Gasteiger partial charge in [0.25, 0.3) is 0 Å². The molecule has 28 heavy (non-hydrogen) atoms. The Hall–Kier alpha value is -2.16. The number of esters is 1. The number of benzene rings is 1. The Morgan fingerprint density at radius 1 is 0.929 bits per heavy atom. The second-order valence-corrected chi connectivity index (χ2v) is 9.81. The van der Waals surface area contributed by atoms with Crippen LogP contribution in [0.1, 0.15) is 52.0 Å². The van der Waals surface area contributed by atoms with Crippen molar-refractivity contribution in [1.29, 1.82) is 0 Å². The maximum Gasteiger partial charge on any atom is 0.419 e. The highest BCUT2D eigenvalue weighted by atomic mass is 127. The second-order valence-electron chi connectivity index (χ2n) is 8.57. The summed E-state index contributed by atoms with van der Waals surface area (Å²) in [7, 11) is 0. The maximum absolute atomic E-state index is 12.9. The van der Waals surface area contributed by atoms with Gasteiger partial charge in [-0.05, 0) is 88.4 Å². The van der Waals surface area contributed by atoms with Crippen LogP contribution in [-0.4, -0.2) is 32.8 Å². The number of nitrogens with zero attached hydrogens (tertiary/aromatic N) is 2. The van der Waals surface area contributed by atoms with Crippen LogP contribution < -0.4 is 0 Å². The number of rotatable bonds is 1. The molecule has 0 unspecified atom stereocenters. The van der Waals surface area contributed by atoms with Gasteiger partial charge in [0.1, 0.15) is 16.9 Å². The summed E-state index contributed by atoms with van der Waals surface area (Å²) in [6, 6.07) is 7.43. The van der Waals surface area contributed by atoms with Crippen LogP contribution in [0, 0.1) is 3.57 Å². The third-order valence-corrected chi connectivity index (χ3v) is 4.47. The lowest BCUT2D eigenvalue weighted by atomic mass is 10.1. The van der Waals surface area contributed by atoms with Gasteiger partial charge < -0.3 is 9.47 Å². The predicted molar refractivity (Wildman–Crippen MR) is 117 cm³/mol. The molecule has 0 N–H and O–H groups in total. The fourth-order valence-electron chi connectivity index (χ4n) is 2.84. The molecule has 0 radical (unpaired) electrons. The second kappa shape index (κ2) is 7.02. The van der Waals surface area contributed by atoms with E-state index < -0.39 is 23.3 Å². The molecule has 3 aromatic rings. The van der Waals surface area contributed by atoms with E-state index in [1.165, 1.54) is 10.8 Å². The lowest BCUT2D eigenvalue weighted by molar-refractivity contribution is 0.00629. The standard InChI is InChI=1S/C21H23IN2O4/c1-20(2,3)27-18(25)15-10-14-13-9-12(22)7-8-16(13)24(17(14)11-23-15)19(26)28-21(4,5)6/h7-11H,1-6H3. The van der Waals surface area contributed by atoms with E-state index in [0.29, 0.717) is 11.0 Å². The van der Waals surface area contributed by atoms with Gasteiger partial charge in [-0.15, -0.1) is 0 Å². The minimum absolute atomic E-state index is 0.199. The number of aromatic nitrogens is 2. The molecule has 3 rings (SSSR count). The first-order valence-electron chi connectivity index (χ1n) is 8.92. The topological polar surface area (TPSA) is 70.4 Å². The SMILES string of the molecule is CC(C)(C)OC(=O)c1cc2c3cc(I)ccc3n(C(=O)OC(C)(C)C)c2cn1. The fourth-order valence-corrected chi connectivity index (χ4v) is 3.33. The van der Waals surface area contributed by atoms with Crippen molar-refractivity contribution in [2.75, 3.05) is 0 Å². The van der Waals surface area contributed by atoms with E-state index in [0.717, 1.165) is 14.3 Å². The number of hydrogen-bond donors (Lipinski definition) is 0. The Kier molecular flexibility index (Phi) is 5.16. The Labute approximate surface area is 177 Å². The van der Waals surface area contributed by atoms with E-state index in [-0.39, 0.29) is 5.69 Å². The fraction of sp³-hybridized carbons (Fsp3) is 0.381. The van der Waals surface area contributed by atoms with E-state index in [9.17, 15) is 9.59 Å². The Balaban J connectivity index is 2.21. The molecule has 0 aliphatic carbocycles. The van der Waals surface area contributed by atoms with Crippen molar-refractivity contribution in [3.63, 3.8) is 0 Å². The lowest BCUT2D eigenvalue weighted by Crippen LogP contribution is -2.27. The molecule has 0 aliphatic rings. The van der Waals surface area contributed by atoms with Gasteiger partial charge in [0, 0.05) is 14.3 Å². The summed E-state index contributed by atoms with van der Waals surface area (Å²) in [5.74, 6) is -0.502. The van der Waals surface area contributed by atoms with Crippen LogP contribution in [0.2, 0.25) is 0 Å². The summed E-state index contributed by atoms with van der Waals surface area (Å²) in [5, 5.41) is 1.59. The molecule has 7 heteroatoms. The molecule has 2 aromatic heterocycles. The van der Waals surface area contributed by atoms with Crippen LogP contribution in [0.25, 0.3) is 21.8 Å². The average molecular weight is 494 g/mol. The van der Waals surface area contributed by atoms with Gasteiger partial charge in [-0.2, -0.15) is 0 Å². The lowest BCUT2D eigenvalue weighted by Gasteiger charge is -2.20. The van der Waals surface area contributed by atoms with E-state index >= 15 is 0 Å². The smallest absolute Gasteiger partial charge is 0.419 e. The molecular weight excluding hydrogens is 471 g/mol. The number of halogens is 1. The molecule has 0 spiro atoms. The molecular formula is C21H23IN2O4. The number of ether oxygens (including phenoxy) is 2. The normalized spacial score (nSPS) is 12.4. The van der Waals surface area contributed by atoms with Gasteiger partial charge in [0.15, 0.2) is 0 Å². The van der Waals surface area contributed by atoms with Crippen molar-refractivity contribution in [2.24, 2.45) is 0 Å². The number of hydrogen-bond acceptors (Lipinski definition) is 5. The first-order chi connectivity index (χ1) is 12.9. The Morgan fingerprint density at radius 3 is 2.14 bits per heavy atom. The van der Waals surface area contributed by atoms with Crippen LogP contribution in [0.5, 0.6) is 0 Å². The molecule has 0 atom stereocenters. The van der Waals surface area contributed by atoms with Crippen molar-refractivity contribution in [1.82, 2.24) is 9.55 Å². The van der Waals surface area contributed by atoms with Gasteiger partial charge >= 0.3 is 12.1 Å². The van der Waals surface area contributed by atoms with Gasteiger partial charge in [0.05, 0.1) is 17.2 Å². The molecule has 0 fully saturated rings. The summed E-state index contributed by atoms with van der Waals surface area (Å²) < 4.78 is 13.5. The van der Waals surface area contributed by atoms with Crippen LogP contribution >= 0.6 is 22.6 Å². The Bertz CT molecular complexity index is 1090. The molecule has 2 heterocycles. The first-order valence-corrected chi connectivity index (χ1v) is 10.00. The minimum Gasteiger partial charge on any atom is -0.455 e. The third kappa shape index (κ3) is 4.29. The summed E-state index contributed by atoms with van der Waals surface area (Å²) in [6.45, 7) is 10.9. The summed E-state index contributed by atoms with van der Waals surface area (Å²) in [6.07, 6.45) is 1.03. The number of pyridine rings is 1.